The fourth-order valence-electron chi connectivity index (χ4n) is 8.60. The molecule has 2 bridgehead atoms. The van der Waals surface area contributed by atoms with Crippen molar-refractivity contribution in [1.82, 2.24) is 14.7 Å². The zero-order valence-corrected chi connectivity index (χ0v) is 25.3. The maximum atomic E-state index is 13.7. The van der Waals surface area contributed by atoms with E-state index in [9.17, 15) is 25.1 Å². The molecule has 0 aliphatic carbocycles. The Morgan fingerprint density at radius 3 is 2.36 bits per heavy atom. The van der Waals surface area contributed by atoms with Crippen LogP contribution in [0.2, 0.25) is 0 Å². The van der Waals surface area contributed by atoms with Crippen molar-refractivity contribution in [3.63, 3.8) is 0 Å². The maximum absolute atomic E-state index is 13.7. The molecular weight excluding hydrogens is 576 g/mol. The monoisotopic (exact) mass is 608 g/mol. The smallest absolute Gasteiger partial charge is 0.261 e. The van der Waals surface area contributed by atoms with Crippen LogP contribution in [0.15, 0.2) is 30.3 Å². The topological polar surface area (TPSA) is 136 Å². The summed E-state index contributed by atoms with van der Waals surface area (Å²) in [6, 6.07) is 8.91. The lowest BCUT2D eigenvalue weighted by Crippen LogP contribution is -2.68. The van der Waals surface area contributed by atoms with E-state index in [1.165, 1.54) is 12.0 Å². The molecule has 230 valence electrons. The highest BCUT2D eigenvalue weighted by Crippen LogP contribution is 2.58. The van der Waals surface area contributed by atoms with Crippen LogP contribution in [-0.4, -0.2) is 82.3 Å². The van der Waals surface area contributed by atoms with E-state index in [1.807, 2.05) is 20.0 Å². The molecule has 0 radical (unpaired) electrons. The summed E-state index contributed by atoms with van der Waals surface area (Å²) in [6.45, 7) is 3.56. The van der Waals surface area contributed by atoms with Crippen molar-refractivity contribution in [3.8, 4) is 34.8 Å². The van der Waals surface area contributed by atoms with Crippen molar-refractivity contribution in [1.29, 1.82) is 5.26 Å². The van der Waals surface area contributed by atoms with Crippen molar-refractivity contribution in [3.05, 3.63) is 74.8 Å². The highest BCUT2D eigenvalue weighted by molar-refractivity contribution is 6.21. The van der Waals surface area contributed by atoms with E-state index in [0.717, 1.165) is 16.7 Å². The number of imide groups is 1. The molecular formula is C34H32N4O7. The van der Waals surface area contributed by atoms with Gasteiger partial charge in [-0.3, -0.25) is 24.3 Å². The minimum atomic E-state index is -0.706. The summed E-state index contributed by atoms with van der Waals surface area (Å²) in [5.74, 6) is 0.583. The summed E-state index contributed by atoms with van der Waals surface area (Å²) in [6.07, 6.45) is 0.831. The van der Waals surface area contributed by atoms with Gasteiger partial charge in [0.25, 0.3) is 11.8 Å². The van der Waals surface area contributed by atoms with Crippen molar-refractivity contribution < 1.29 is 34.0 Å². The number of carbonyl (C=O) groups excluding carboxylic acids is 2. The van der Waals surface area contributed by atoms with Gasteiger partial charge in [0.05, 0.1) is 36.4 Å². The second-order valence-corrected chi connectivity index (χ2v) is 12.5. The third-order valence-electron chi connectivity index (χ3n) is 10.5. The molecule has 11 heteroatoms. The van der Waals surface area contributed by atoms with Gasteiger partial charge in [-0.1, -0.05) is 18.2 Å². The zero-order valence-electron chi connectivity index (χ0n) is 25.3. The Bertz CT molecular complexity index is 1850. The number of aryl methyl sites for hydroxylation is 1. The van der Waals surface area contributed by atoms with Gasteiger partial charge in [-0.2, -0.15) is 5.26 Å². The molecule has 45 heavy (non-hydrogen) atoms. The van der Waals surface area contributed by atoms with Gasteiger partial charge in [0.15, 0.2) is 23.0 Å². The van der Waals surface area contributed by atoms with Gasteiger partial charge in [-0.25, -0.2) is 0 Å². The van der Waals surface area contributed by atoms with Crippen LogP contribution in [0.5, 0.6) is 28.7 Å². The van der Waals surface area contributed by atoms with E-state index in [2.05, 4.69) is 15.9 Å². The highest BCUT2D eigenvalue weighted by Gasteiger charge is 2.57. The largest absolute Gasteiger partial charge is 0.507 e. The second-order valence-electron chi connectivity index (χ2n) is 12.5. The number of likely N-dealkylation sites (N-methyl/N-ethyl adjacent to an activating group) is 1. The van der Waals surface area contributed by atoms with Crippen LogP contribution >= 0.6 is 0 Å². The molecule has 3 aromatic carbocycles. The number of piperazine rings is 1. The summed E-state index contributed by atoms with van der Waals surface area (Å²) < 4.78 is 17.4. The predicted octanol–water partition coefficient (Wildman–Crippen LogP) is 3.52. The first kappa shape index (κ1) is 27.7. The molecule has 3 aromatic rings. The molecule has 5 aliphatic rings. The van der Waals surface area contributed by atoms with Gasteiger partial charge in [0.1, 0.15) is 11.8 Å². The fraction of sp³-hybridized carbons (Fsp3) is 0.382. The van der Waals surface area contributed by atoms with Gasteiger partial charge in [-0.15, -0.1) is 0 Å². The minimum absolute atomic E-state index is 0.0364. The summed E-state index contributed by atoms with van der Waals surface area (Å²) in [5, 5.41) is 34.1. The number of phenolic OH excluding ortho intramolecular Hbond substituents is 2. The molecule has 2 amide bonds. The first-order valence-electron chi connectivity index (χ1n) is 15.0. The number of hydrogen-bond acceptors (Lipinski definition) is 10. The number of aromatic hydroxyl groups is 2. The Hall–Kier alpha value is -4.79. The van der Waals surface area contributed by atoms with Gasteiger partial charge >= 0.3 is 0 Å². The van der Waals surface area contributed by atoms with Crippen molar-refractivity contribution >= 4 is 11.8 Å². The third kappa shape index (κ3) is 3.52. The number of methoxy groups -OCH3 is 1. The number of amides is 2. The molecule has 0 spiro atoms. The lowest BCUT2D eigenvalue weighted by atomic mass is 9.71. The molecule has 1 fully saturated rings. The first-order valence-corrected chi connectivity index (χ1v) is 15.0. The van der Waals surface area contributed by atoms with Gasteiger partial charge in [0.2, 0.25) is 6.79 Å². The van der Waals surface area contributed by atoms with Gasteiger partial charge < -0.3 is 24.4 Å². The minimum Gasteiger partial charge on any atom is -0.507 e. The molecule has 5 aliphatic heterocycles. The van der Waals surface area contributed by atoms with Crippen LogP contribution in [0.25, 0.3) is 0 Å². The van der Waals surface area contributed by atoms with Crippen LogP contribution in [-0.2, 0) is 12.8 Å². The van der Waals surface area contributed by atoms with E-state index < -0.39 is 29.9 Å². The number of nitriles is 1. The average Bonchev–Trinajstić information content (AvgIpc) is 3.60. The van der Waals surface area contributed by atoms with E-state index in [4.69, 9.17) is 14.2 Å². The molecule has 5 heterocycles. The molecule has 8 rings (SSSR count). The number of ether oxygens (including phenoxy) is 3. The summed E-state index contributed by atoms with van der Waals surface area (Å²) in [4.78, 5) is 32.8. The van der Waals surface area contributed by atoms with Crippen LogP contribution in [0.3, 0.4) is 0 Å². The lowest BCUT2D eigenvalue weighted by Gasteiger charge is -2.60. The van der Waals surface area contributed by atoms with E-state index in [-0.39, 0.29) is 36.9 Å². The van der Waals surface area contributed by atoms with Gasteiger partial charge in [0, 0.05) is 40.9 Å². The molecule has 11 nitrogen and oxygen atoms in total. The fourth-order valence-corrected chi connectivity index (χ4v) is 8.60. The number of rotatable bonds is 3. The quantitative estimate of drug-likeness (QED) is 0.425. The van der Waals surface area contributed by atoms with Crippen LogP contribution in [0.4, 0.5) is 0 Å². The molecule has 0 aromatic heterocycles. The second kappa shape index (κ2) is 9.60. The maximum Gasteiger partial charge on any atom is 0.261 e. The van der Waals surface area contributed by atoms with Crippen molar-refractivity contribution in [2.24, 2.45) is 0 Å². The average molecular weight is 609 g/mol. The van der Waals surface area contributed by atoms with Crippen LogP contribution in [0, 0.1) is 25.2 Å². The summed E-state index contributed by atoms with van der Waals surface area (Å²) in [5.41, 5.74) is 4.92. The molecule has 5 atom stereocenters. The molecule has 2 unspecified atom stereocenters. The number of hydrogen-bond donors (Lipinski definition) is 2. The molecule has 0 saturated carbocycles. The van der Waals surface area contributed by atoms with Crippen LogP contribution in [0.1, 0.15) is 66.2 Å². The zero-order chi connectivity index (χ0) is 31.5. The number of benzene rings is 3. The Kier molecular flexibility index (Phi) is 5.92. The molecule has 1 saturated heterocycles. The van der Waals surface area contributed by atoms with Crippen molar-refractivity contribution in [2.45, 2.75) is 56.9 Å². The summed E-state index contributed by atoms with van der Waals surface area (Å²) in [7, 11) is 3.49. The Morgan fingerprint density at radius 1 is 1.00 bits per heavy atom. The van der Waals surface area contributed by atoms with Crippen LogP contribution < -0.4 is 14.2 Å². The Morgan fingerprint density at radius 2 is 1.69 bits per heavy atom. The lowest BCUT2D eigenvalue weighted by molar-refractivity contribution is -0.0758. The van der Waals surface area contributed by atoms with E-state index >= 15 is 0 Å². The van der Waals surface area contributed by atoms with E-state index in [1.54, 1.807) is 31.2 Å². The standard InChI is InChI=1S/C34H32N4O7/c1-15-9-17-10-21-23(12-35)38-22(27(36(21)3)25(17)29(40)30(15)43-4)11-20-26(32-31(44-14-45-32)16(2)28(20)39)24(38)13-37-33(41)18-7-5-6-8-19(18)34(37)42/h5-9,21-24,27,39-40H,10-11,13-14H2,1-4H3/t21-,22?,23-,24-,27?/m0/s1. The number of carbonyl (C=O) groups is 2. The third-order valence-corrected chi connectivity index (χ3v) is 10.5. The number of nitrogens with zero attached hydrogens (tertiary/aromatic N) is 4. The Labute approximate surface area is 259 Å². The van der Waals surface area contributed by atoms with E-state index in [0.29, 0.717) is 57.9 Å². The number of phenols is 2. The number of fused-ring (bicyclic) bond motifs is 10. The van der Waals surface area contributed by atoms with Gasteiger partial charge in [-0.05, 0) is 57.0 Å². The normalized spacial score (nSPS) is 26.2. The predicted molar refractivity (Wildman–Crippen MR) is 160 cm³/mol. The molecule has 2 N–H and O–H groups in total. The SMILES string of the molecule is COc1c(C)cc2c(c1O)C1C3Cc4c(O)c(C)c5c(c4[C@H](CN4C(=O)c6ccccc6C4=O)N3[C@@H](C#N)[C@H](C2)N1C)OCO5. The highest BCUT2D eigenvalue weighted by atomic mass is 16.7. The first-order chi connectivity index (χ1) is 21.7. The van der Waals surface area contributed by atoms with Crippen molar-refractivity contribution in [2.75, 3.05) is 27.5 Å². The Balaban J connectivity index is 1.35. The summed E-state index contributed by atoms with van der Waals surface area (Å²) >= 11 is 0.